The van der Waals surface area contributed by atoms with Gasteiger partial charge >= 0.3 is 0 Å². The second-order valence-electron chi connectivity index (χ2n) is 5.11. The minimum absolute atomic E-state index is 0.358. The van der Waals surface area contributed by atoms with E-state index in [1.165, 1.54) is 19.3 Å². The topological polar surface area (TPSA) is 9.23 Å². The SMILES string of the molecule is [CH2]CCCCCO[SiH2]C(C)(C)C(C)C. The second-order valence-corrected chi connectivity index (χ2v) is 7.63. The summed E-state index contributed by atoms with van der Waals surface area (Å²) < 4.78 is 5.82. The van der Waals surface area contributed by atoms with Gasteiger partial charge in [0.2, 0.25) is 0 Å². The van der Waals surface area contributed by atoms with E-state index < -0.39 is 0 Å². The molecule has 0 heterocycles. The highest BCUT2D eigenvalue weighted by Crippen LogP contribution is 2.32. The van der Waals surface area contributed by atoms with E-state index in [1.54, 1.807) is 0 Å². The molecule has 0 aliphatic rings. The third-order valence-electron chi connectivity index (χ3n) is 3.08. The maximum Gasteiger partial charge on any atom is 0.167 e. The Bertz CT molecular complexity index is 132. The average molecular weight is 215 g/mol. The van der Waals surface area contributed by atoms with Gasteiger partial charge in [0.25, 0.3) is 0 Å². The molecule has 0 aromatic heterocycles. The quantitative estimate of drug-likeness (QED) is 0.446. The molecule has 0 saturated heterocycles. The fourth-order valence-electron chi connectivity index (χ4n) is 1.06. The monoisotopic (exact) mass is 215 g/mol. The summed E-state index contributed by atoms with van der Waals surface area (Å²) in [4.78, 5) is 0. The summed E-state index contributed by atoms with van der Waals surface area (Å²) in [5, 5.41) is 0.451. The van der Waals surface area contributed by atoms with E-state index in [0.29, 0.717) is 5.04 Å². The van der Waals surface area contributed by atoms with E-state index in [9.17, 15) is 0 Å². The van der Waals surface area contributed by atoms with Crippen molar-refractivity contribution in [1.29, 1.82) is 0 Å². The van der Waals surface area contributed by atoms with E-state index in [0.717, 1.165) is 18.9 Å². The first-order valence-electron chi connectivity index (χ1n) is 5.87. The van der Waals surface area contributed by atoms with Crippen LogP contribution in [0.15, 0.2) is 0 Å². The molecular weight excluding hydrogens is 188 g/mol. The van der Waals surface area contributed by atoms with Gasteiger partial charge in [-0.1, -0.05) is 53.9 Å². The Morgan fingerprint density at radius 3 is 2.36 bits per heavy atom. The smallest absolute Gasteiger partial charge is 0.167 e. The summed E-state index contributed by atoms with van der Waals surface area (Å²) in [5.41, 5.74) is 0. The van der Waals surface area contributed by atoms with Gasteiger partial charge in [-0.2, -0.15) is 0 Å². The van der Waals surface area contributed by atoms with E-state index in [4.69, 9.17) is 4.43 Å². The lowest BCUT2D eigenvalue weighted by molar-refractivity contribution is 0.292. The molecule has 0 bridgehead atoms. The van der Waals surface area contributed by atoms with Crippen molar-refractivity contribution in [3.05, 3.63) is 6.92 Å². The highest BCUT2D eigenvalue weighted by atomic mass is 28.2. The van der Waals surface area contributed by atoms with Gasteiger partial charge in [-0.3, -0.25) is 0 Å². The molecule has 0 rings (SSSR count). The van der Waals surface area contributed by atoms with Crippen molar-refractivity contribution in [1.82, 2.24) is 0 Å². The summed E-state index contributed by atoms with van der Waals surface area (Å²) in [6.45, 7) is 14.1. The van der Waals surface area contributed by atoms with Crippen LogP contribution in [-0.4, -0.2) is 16.4 Å². The Hall–Kier alpha value is 0.177. The van der Waals surface area contributed by atoms with Crippen molar-refractivity contribution in [2.75, 3.05) is 6.61 Å². The van der Waals surface area contributed by atoms with Crippen LogP contribution < -0.4 is 0 Å². The van der Waals surface area contributed by atoms with Gasteiger partial charge in [-0.15, -0.1) is 0 Å². The molecule has 0 N–H and O–H groups in total. The summed E-state index contributed by atoms with van der Waals surface area (Å²) in [6, 6.07) is 0. The molecule has 0 aliphatic heterocycles. The van der Waals surface area contributed by atoms with Gasteiger partial charge in [0.05, 0.1) is 0 Å². The summed E-state index contributed by atoms with van der Waals surface area (Å²) in [7, 11) is -0.358. The molecule has 0 fully saturated rings. The van der Waals surface area contributed by atoms with Crippen LogP contribution in [0.1, 0.15) is 53.4 Å². The Kier molecular flexibility index (Phi) is 7.56. The lowest BCUT2D eigenvalue weighted by atomic mass is 9.99. The van der Waals surface area contributed by atoms with Crippen molar-refractivity contribution in [2.45, 2.75) is 58.4 Å². The van der Waals surface area contributed by atoms with Gasteiger partial charge in [0.1, 0.15) is 0 Å². The first-order valence-corrected chi connectivity index (χ1v) is 7.16. The fourth-order valence-corrected chi connectivity index (χ4v) is 2.27. The number of hydrogen-bond donors (Lipinski definition) is 0. The van der Waals surface area contributed by atoms with Crippen LogP contribution in [0.25, 0.3) is 0 Å². The fraction of sp³-hybridized carbons (Fsp3) is 0.917. The molecule has 85 valence electrons. The lowest BCUT2D eigenvalue weighted by Gasteiger charge is -2.28. The molecule has 0 aromatic rings. The maximum absolute atomic E-state index is 5.82. The third-order valence-corrected chi connectivity index (χ3v) is 5.13. The molecule has 0 spiro atoms. The first-order chi connectivity index (χ1) is 6.50. The van der Waals surface area contributed by atoms with Crippen LogP contribution in [0.5, 0.6) is 0 Å². The minimum Gasteiger partial charge on any atom is -0.423 e. The number of rotatable bonds is 8. The van der Waals surface area contributed by atoms with E-state index in [-0.39, 0.29) is 9.76 Å². The molecule has 0 aromatic carbocycles. The van der Waals surface area contributed by atoms with Gasteiger partial charge in [0, 0.05) is 6.61 Å². The maximum atomic E-state index is 5.82. The van der Waals surface area contributed by atoms with Crippen molar-refractivity contribution in [3.63, 3.8) is 0 Å². The highest BCUT2D eigenvalue weighted by molar-refractivity contribution is 6.32. The van der Waals surface area contributed by atoms with Gasteiger partial charge in [-0.05, 0) is 17.4 Å². The molecule has 14 heavy (non-hydrogen) atoms. The standard InChI is InChI=1S/C12H27OSi/c1-6-7-8-9-10-13-14-12(4,5)11(2)3/h11H,1,6-10,14H2,2-5H3. The number of hydrogen-bond acceptors (Lipinski definition) is 1. The van der Waals surface area contributed by atoms with Gasteiger partial charge in [0.15, 0.2) is 9.76 Å². The molecule has 2 heteroatoms. The summed E-state index contributed by atoms with van der Waals surface area (Å²) >= 11 is 0. The van der Waals surface area contributed by atoms with Crippen molar-refractivity contribution in [2.24, 2.45) is 5.92 Å². The van der Waals surface area contributed by atoms with Gasteiger partial charge < -0.3 is 4.43 Å². The van der Waals surface area contributed by atoms with Crippen LogP contribution in [0, 0.1) is 12.8 Å². The second kappa shape index (κ2) is 7.47. The zero-order valence-corrected chi connectivity index (χ0v) is 11.8. The van der Waals surface area contributed by atoms with E-state index in [2.05, 4.69) is 34.6 Å². The molecule has 0 unspecified atom stereocenters. The molecule has 0 atom stereocenters. The molecule has 0 amide bonds. The van der Waals surface area contributed by atoms with E-state index in [1.807, 2.05) is 0 Å². The van der Waals surface area contributed by atoms with Crippen molar-refractivity contribution >= 4 is 9.76 Å². The van der Waals surface area contributed by atoms with Crippen LogP contribution >= 0.6 is 0 Å². The molecular formula is C12H27OSi. The Morgan fingerprint density at radius 1 is 1.21 bits per heavy atom. The largest absolute Gasteiger partial charge is 0.423 e. The van der Waals surface area contributed by atoms with Crippen molar-refractivity contribution < 1.29 is 4.43 Å². The molecule has 0 aliphatic carbocycles. The van der Waals surface area contributed by atoms with E-state index >= 15 is 0 Å². The predicted octanol–water partition coefficient (Wildman–Crippen LogP) is 3.34. The summed E-state index contributed by atoms with van der Waals surface area (Å²) in [5.74, 6) is 0.744. The predicted molar refractivity (Wildman–Crippen MR) is 67.2 cm³/mol. The molecule has 1 nitrogen and oxygen atoms in total. The molecule has 1 radical (unpaired) electrons. The Labute approximate surface area is 92.6 Å². The van der Waals surface area contributed by atoms with Gasteiger partial charge in [-0.25, -0.2) is 0 Å². The zero-order chi connectivity index (χ0) is 11.0. The Balaban J connectivity index is 3.35. The minimum atomic E-state index is -0.358. The van der Waals surface area contributed by atoms with Crippen LogP contribution in [0.4, 0.5) is 0 Å². The average Bonchev–Trinajstić information content (AvgIpc) is 2.10. The summed E-state index contributed by atoms with van der Waals surface area (Å²) in [6.07, 6.45) is 4.81. The number of unbranched alkanes of at least 4 members (excludes halogenated alkanes) is 3. The van der Waals surface area contributed by atoms with Crippen LogP contribution in [0.2, 0.25) is 5.04 Å². The molecule has 0 saturated carbocycles. The third kappa shape index (κ3) is 6.60. The highest BCUT2D eigenvalue weighted by Gasteiger charge is 2.23. The van der Waals surface area contributed by atoms with Crippen LogP contribution in [-0.2, 0) is 4.43 Å². The van der Waals surface area contributed by atoms with Crippen molar-refractivity contribution in [3.8, 4) is 0 Å². The zero-order valence-electron chi connectivity index (χ0n) is 10.4. The van der Waals surface area contributed by atoms with Crippen LogP contribution in [0.3, 0.4) is 0 Å². The normalized spacial score (nSPS) is 13.3. The first kappa shape index (κ1) is 14.2. The lowest BCUT2D eigenvalue weighted by Crippen LogP contribution is -2.22. The Morgan fingerprint density at radius 2 is 1.86 bits per heavy atom.